The minimum absolute atomic E-state index is 0.0518. The molecule has 1 atom stereocenters. The van der Waals surface area contributed by atoms with E-state index in [9.17, 15) is 4.79 Å². The summed E-state index contributed by atoms with van der Waals surface area (Å²) in [5.74, 6) is 0.109. The summed E-state index contributed by atoms with van der Waals surface area (Å²) in [4.78, 5) is 14.7. The lowest BCUT2D eigenvalue weighted by molar-refractivity contribution is 0.0362. The third-order valence-corrected chi connectivity index (χ3v) is 4.36. The van der Waals surface area contributed by atoms with Gasteiger partial charge in [0.15, 0.2) is 0 Å². The van der Waals surface area contributed by atoms with Crippen LogP contribution in [-0.2, 0) is 0 Å². The monoisotopic (exact) mass is 260 g/mol. The van der Waals surface area contributed by atoms with E-state index in [4.69, 9.17) is 5.73 Å². The molecule has 1 fully saturated rings. The van der Waals surface area contributed by atoms with E-state index >= 15 is 0 Å². The van der Waals surface area contributed by atoms with E-state index < -0.39 is 0 Å². The normalized spacial score (nSPS) is 22.4. The third kappa shape index (κ3) is 2.52. The number of benzene rings is 1. The number of hydrogen-bond acceptors (Lipinski definition) is 2. The largest absolute Gasteiger partial charge is 0.332 e. The molecule has 1 aromatic rings. The second-order valence-electron chi connectivity index (χ2n) is 6.18. The maximum atomic E-state index is 12.8. The number of carbonyl (C=O) groups excluding carboxylic acids is 1. The van der Waals surface area contributed by atoms with E-state index in [-0.39, 0.29) is 17.5 Å². The van der Waals surface area contributed by atoms with E-state index in [1.165, 1.54) is 5.56 Å². The van der Waals surface area contributed by atoms with Gasteiger partial charge in [-0.25, -0.2) is 0 Å². The molecule has 0 radical (unpaired) electrons. The molecule has 1 unspecified atom stereocenters. The first-order valence-electron chi connectivity index (χ1n) is 6.99. The molecule has 0 aromatic heterocycles. The van der Waals surface area contributed by atoms with E-state index in [2.05, 4.69) is 19.9 Å². The highest BCUT2D eigenvalue weighted by molar-refractivity contribution is 5.96. The Balaban J connectivity index is 2.33. The average molecular weight is 260 g/mol. The second kappa shape index (κ2) is 4.97. The van der Waals surface area contributed by atoms with Gasteiger partial charge in [-0.05, 0) is 52.2 Å². The standard InChI is InChI=1S/C16H24N2O/c1-11-7-8-13(12(2)10-11)15(19)18-9-5-6-14(17)16(18,3)4/h7-8,10,14H,5-6,9,17H2,1-4H3. The predicted molar refractivity (Wildman–Crippen MR) is 78.2 cm³/mol. The van der Waals surface area contributed by atoms with E-state index in [0.29, 0.717) is 0 Å². The number of nitrogens with two attached hydrogens (primary N) is 1. The highest BCUT2D eigenvalue weighted by Crippen LogP contribution is 2.28. The molecule has 1 saturated heterocycles. The highest BCUT2D eigenvalue weighted by Gasteiger charge is 2.39. The summed E-state index contributed by atoms with van der Waals surface area (Å²) in [5, 5.41) is 0. The lowest BCUT2D eigenvalue weighted by Gasteiger charge is -2.46. The number of aryl methyl sites for hydroxylation is 2. The Labute approximate surface area is 115 Å². The molecule has 0 spiro atoms. The van der Waals surface area contributed by atoms with Crippen molar-refractivity contribution in [2.45, 2.75) is 52.1 Å². The first-order valence-corrected chi connectivity index (χ1v) is 6.99. The van der Waals surface area contributed by atoms with Gasteiger partial charge < -0.3 is 10.6 Å². The lowest BCUT2D eigenvalue weighted by Crippen LogP contribution is -2.61. The van der Waals surface area contributed by atoms with Crippen LogP contribution in [-0.4, -0.2) is 28.9 Å². The molecule has 2 N–H and O–H groups in total. The molecule has 1 heterocycles. The molecule has 2 rings (SSSR count). The minimum atomic E-state index is -0.271. The Bertz CT molecular complexity index is 494. The third-order valence-electron chi connectivity index (χ3n) is 4.36. The Morgan fingerprint density at radius 1 is 1.37 bits per heavy atom. The van der Waals surface area contributed by atoms with Crippen molar-refractivity contribution < 1.29 is 4.79 Å². The molecule has 0 aliphatic carbocycles. The molecule has 1 aromatic carbocycles. The molecule has 0 saturated carbocycles. The number of carbonyl (C=O) groups is 1. The van der Waals surface area contributed by atoms with Crippen LogP contribution in [0.3, 0.4) is 0 Å². The van der Waals surface area contributed by atoms with Crippen molar-refractivity contribution >= 4 is 5.91 Å². The first kappa shape index (κ1) is 14.1. The summed E-state index contributed by atoms with van der Waals surface area (Å²) in [5.41, 5.74) is 8.94. The van der Waals surface area contributed by atoms with Gasteiger partial charge in [0.2, 0.25) is 0 Å². The fourth-order valence-electron chi connectivity index (χ4n) is 2.87. The zero-order chi connectivity index (χ0) is 14.2. The molecule has 1 aliphatic rings. The van der Waals surface area contributed by atoms with Crippen LogP contribution in [0.25, 0.3) is 0 Å². The van der Waals surface area contributed by atoms with Crippen LogP contribution in [0.4, 0.5) is 0 Å². The Morgan fingerprint density at radius 2 is 2.05 bits per heavy atom. The van der Waals surface area contributed by atoms with Gasteiger partial charge in [0.05, 0.1) is 5.54 Å². The molecule has 1 aliphatic heterocycles. The van der Waals surface area contributed by atoms with Gasteiger partial charge in [-0.15, -0.1) is 0 Å². The minimum Gasteiger partial charge on any atom is -0.332 e. The summed E-state index contributed by atoms with van der Waals surface area (Å²) >= 11 is 0. The Hall–Kier alpha value is -1.35. The fraction of sp³-hybridized carbons (Fsp3) is 0.562. The summed E-state index contributed by atoms with van der Waals surface area (Å²) in [6.07, 6.45) is 1.98. The molecule has 3 nitrogen and oxygen atoms in total. The van der Waals surface area contributed by atoms with Gasteiger partial charge >= 0.3 is 0 Å². The number of rotatable bonds is 1. The maximum absolute atomic E-state index is 12.8. The summed E-state index contributed by atoms with van der Waals surface area (Å²) in [6.45, 7) is 8.97. The fourth-order valence-corrected chi connectivity index (χ4v) is 2.87. The summed E-state index contributed by atoms with van der Waals surface area (Å²) in [7, 11) is 0. The van der Waals surface area contributed by atoms with Gasteiger partial charge in [-0.2, -0.15) is 0 Å². The van der Waals surface area contributed by atoms with Gasteiger partial charge in [0, 0.05) is 18.2 Å². The van der Waals surface area contributed by atoms with Gasteiger partial charge in [-0.3, -0.25) is 4.79 Å². The number of likely N-dealkylation sites (tertiary alicyclic amines) is 1. The molecule has 3 heteroatoms. The van der Waals surface area contributed by atoms with Crippen LogP contribution in [0, 0.1) is 13.8 Å². The molecule has 104 valence electrons. The van der Waals surface area contributed by atoms with Crippen molar-refractivity contribution in [1.82, 2.24) is 4.90 Å². The maximum Gasteiger partial charge on any atom is 0.254 e. The van der Waals surface area contributed by atoms with E-state index in [1.54, 1.807) is 0 Å². The van der Waals surface area contributed by atoms with Crippen molar-refractivity contribution in [1.29, 1.82) is 0 Å². The van der Waals surface area contributed by atoms with Gasteiger partial charge in [-0.1, -0.05) is 17.7 Å². The smallest absolute Gasteiger partial charge is 0.254 e. The molecule has 0 bridgehead atoms. The van der Waals surface area contributed by atoms with Crippen LogP contribution in [0.2, 0.25) is 0 Å². The summed E-state index contributed by atoms with van der Waals surface area (Å²) in [6, 6.07) is 6.04. The number of piperidine rings is 1. The molecule has 1 amide bonds. The van der Waals surface area contributed by atoms with E-state index in [1.807, 2.05) is 30.9 Å². The van der Waals surface area contributed by atoms with Crippen molar-refractivity contribution in [3.63, 3.8) is 0 Å². The second-order valence-corrected chi connectivity index (χ2v) is 6.18. The van der Waals surface area contributed by atoms with Crippen LogP contribution >= 0.6 is 0 Å². The van der Waals surface area contributed by atoms with Gasteiger partial charge in [0.1, 0.15) is 0 Å². The van der Waals surface area contributed by atoms with E-state index in [0.717, 1.165) is 30.5 Å². The molecular formula is C16H24N2O. The predicted octanol–water partition coefficient (Wildman–Crippen LogP) is 2.65. The number of hydrogen-bond donors (Lipinski definition) is 1. The van der Waals surface area contributed by atoms with Crippen molar-refractivity contribution in [3.8, 4) is 0 Å². The zero-order valence-electron chi connectivity index (χ0n) is 12.4. The number of nitrogens with zero attached hydrogens (tertiary/aromatic N) is 1. The van der Waals surface area contributed by atoms with Crippen LogP contribution in [0.1, 0.15) is 48.2 Å². The molecule has 19 heavy (non-hydrogen) atoms. The quantitative estimate of drug-likeness (QED) is 0.843. The van der Waals surface area contributed by atoms with Crippen molar-refractivity contribution in [3.05, 3.63) is 34.9 Å². The highest BCUT2D eigenvalue weighted by atomic mass is 16.2. The van der Waals surface area contributed by atoms with Crippen LogP contribution in [0.5, 0.6) is 0 Å². The summed E-state index contributed by atoms with van der Waals surface area (Å²) < 4.78 is 0. The Morgan fingerprint density at radius 3 is 2.68 bits per heavy atom. The number of amides is 1. The topological polar surface area (TPSA) is 46.3 Å². The van der Waals surface area contributed by atoms with Crippen LogP contribution in [0.15, 0.2) is 18.2 Å². The zero-order valence-corrected chi connectivity index (χ0v) is 12.4. The van der Waals surface area contributed by atoms with Crippen molar-refractivity contribution in [2.75, 3.05) is 6.54 Å². The SMILES string of the molecule is Cc1ccc(C(=O)N2CCCC(N)C2(C)C)c(C)c1. The molecular weight excluding hydrogens is 236 g/mol. The van der Waals surface area contributed by atoms with Crippen molar-refractivity contribution in [2.24, 2.45) is 5.73 Å². The average Bonchev–Trinajstić information content (AvgIpc) is 2.32. The van der Waals surface area contributed by atoms with Crippen LogP contribution < -0.4 is 5.73 Å². The Kier molecular flexibility index (Phi) is 3.68. The first-order chi connectivity index (χ1) is 8.84. The van der Waals surface area contributed by atoms with Gasteiger partial charge in [0.25, 0.3) is 5.91 Å². The lowest BCUT2D eigenvalue weighted by atomic mass is 9.85.